The highest BCUT2D eigenvalue weighted by molar-refractivity contribution is 9.10. The average molecular weight is 351 g/mol. The quantitative estimate of drug-likeness (QED) is 0.592. The summed E-state index contributed by atoms with van der Waals surface area (Å²) in [6.07, 6.45) is 5.99. The topological polar surface area (TPSA) is 25.8 Å². The maximum Gasteiger partial charge on any atom is 0.159 e. The molecule has 0 spiro atoms. The van der Waals surface area contributed by atoms with Crippen molar-refractivity contribution < 1.29 is 0 Å². The normalized spacial score (nSPS) is 11.0. The predicted octanol–water partition coefficient (Wildman–Crippen LogP) is 5.38. The molecule has 22 heavy (non-hydrogen) atoms. The van der Waals surface area contributed by atoms with Gasteiger partial charge in [0.25, 0.3) is 0 Å². The number of aromatic nitrogens is 2. The molecule has 1 heterocycles. The van der Waals surface area contributed by atoms with Gasteiger partial charge in [-0.3, -0.25) is 0 Å². The monoisotopic (exact) mass is 350 g/mol. The summed E-state index contributed by atoms with van der Waals surface area (Å²) in [6, 6.07) is 18.4. The number of halogens is 1. The van der Waals surface area contributed by atoms with Gasteiger partial charge in [0, 0.05) is 21.9 Å². The van der Waals surface area contributed by atoms with Gasteiger partial charge in [0.2, 0.25) is 0 Å². The number of aryl methyl sites for hydroxylation is 1. The van der Waals surface area contributed by atoms with Crippen LogP contribution in [0.2, 0.25) is 0 Å². The second-order valence-electron chi connectivity index (χ2n) is 5.03. The molecule has 0 amide bonds. The second-order valence-corrected chi connectivity index (χ2v) is 5.94. The van der Waals surface area contributed by atoms with E-state index in [0.717, 1.165) is 27.1 Å². The largest absolute Gasteiger partial charge is 0.237 e. The molecule has 0 atom stereocenters. The van der Waals surface area contributed by atoms with Crippen molar-refractivity contribution in [3.63, 3.8) is 0 Å². The van der Waals surface area contributed by atoms with E-state index < -0.39 is 0 Å². The van der Waals surface area contributed by atoms with Gasteiger partial charge in [-0.15, -0.1) is 0 Å². The minimum Gasteiger partial charge on any atom is -0.237 e. The van der Waals surface area contributed by atoms with Gasteiger partial charge in [-0.1, -0.05) is 64.5 Å². The molecule has 3 aromatic rings. The van der Waals surface area contributed by atoms with Gasteiger partial charge in [-0.2, -0.15) is 0 Å². The van der Waals surface area contributed by atoms with Crippen molar-refractivity contribution in [1.29, 1.82) is 0 Å². The summed E-state index contributed by atoms with van der Waals surface area (Å²) in [5, 5.41) is 0. The molecule has 2 nitrogen and oxygen atoms in total. The highest BCUT2D eigenvalue weighted by Crippen LogP contribution is 2.17. The lowest BCUT2D eigenvalue weighted by Crippen LogP contribution is -1.90. The minimum atomic E-state index is 0.767. The van der Waals surface area contributed by atoms with Crippen LogP contribution in [0.25, 0.3) is 23.5 Å². The van der Waals surface area contributed by atoms with E-state index in [1.165, 1.54) is 5.56 Å². The van der Waals surface area contributed by atoms with Crippen molar-refractivity contribution in [2.75, 3.05) is 0 Å². The fourth-order valence-corrected chi connectivity index (χ4v) is 2.36. The van der Waals surface area contributed by atoms with E-state index in [2.05, 4.69) is 74.4 Å². The molecular weight excluding hydrogens is 336 g/mol. The summed E-state index contributed by atoms with van der Waals surface area (Å²) < 4.78 is 1.09. The van der Waals surface area contributed by atoms with Crippen molar-refractivity contribution >= 4 is 28.1 Å². The Bertz CT molecular complexity index is 790. The van der Waals surface area contributed by atoms with Crippen LogP contribution in [-0.2, 0) is 0 Å². The van der Waals surface area contributed by atoms with E-state index in [-0.39, 0.29) is 0 Å². The van der Waals surface area contributed by atoms with Gasteiger partial charge < -0.3 is 0 Å². The van der Waals surface area contributed by atoms with Crippen LogP contribution in [0.5, 0.6) is 0 Å². The molecule has 2 aromatic carbocycles. The van der Waals surface area contributed by atoms with Gasteiger partial charge in [0.1, 0.15) is 0 Å². The number of nitrogens with zero attached hydrogens (tertiary/aromatic N) is 2. The van der Waals surface area contributed by atoms with E-state index in [1.54, 1.807) is 6.20 Å². The summed E-state index contributed by atoms with van der Waals surface area (Å²) in [6.45, 7) is 1.97. The standard InChI is InChI=1S/C19H15BrN2/c1-14-12-13-21-19(22-14)17-8-4-15(5-9-17)2-3-16-6-10-18(20)11-7-16/h2-13H,1H3/b3-2+. The third kappa shape index (κ3) is 3.68. The molecule has 0 bridgehead atoms. The third-order valence-corrected chi connectivity index (χ3v) is 3.83. The molecule has 1 aromatic heterocycles. The molecular formula is C19H15BrN2. The van der Waals surface area contributed by atoms with Crippen LogP contribution >= 0.6 is 15.9 Å². The van der Waals surface area contributed by atoms with Crippen LogP contribution in [0.15, 0.2) is 65.3 Å². The minimum absolute atomic E-state index is 0.767. The number of benzene rings is 2. The van der Waals surface area contributed by atoms with Gasteiger partial charge in [-0.25, -0.2) is 9.97 Å². The summed E-state index contributed by atoms with van der Waals surface area (Å²) in [7, 11) is 0. The van der Waals surface area contributed by atoms with Crippen molar-refractivity contribution in [2.45, 2.75) is 6.92 Å². The molecule has 0 aliphatic heterocycles. The molecule has 0 unspecified atom stereocenters. The molecule has 3 heteroatoms. The number of rotatable bonds is 3. The lowest BCUT2D eigenvalue weighted by molar-refractivity contribution is 1.11. The zero-order valence-corrected chi connectivity index (χ0v) is 13.8. The van der Waals surface area contributed by atoms with Crippen molar-refractivity contribution in [2.24, 2.45) is 0 Å². The zero-order valence-electron chi connectivity index (χ0n) is 12.2. The second kappa shape index (κ2) is 6.67. The van der Waals surface area contributed by atoms with Crippen molar-refractivity contribution in [3.8, 4) is 11.4 Å². The number of hydrogen-bond donors (Lipinski definition) is 0. The van der Waals surface area contributed by atoms with Gasteiger partial charge >= 0.3 is 0 Å². The lowest BCUT2D eigenvalue weighted by atomic mass is 10.1. The first kappa shape index (κ1) is 14.7. The van der Waals surface area contributed by atoms with Crippen LogP contribution in [0, 0.1) is 6.92 Å². The Morgan fingerprint density at radius 1 is 0.818 bits per heavy atom. The first-order chi connectivity index (χ1) is 10.7. The van der Waals surface area contributed by atoms with Crippen LogP contribution in [-0.4, -0.2) is 9.97 Å². The Morgan fingerprint density at radius 3 is 2.00 bits per heavy atom. The fourth-order valence-electron chi connectivity index (χ4n) is 2.10. The van der Waals surface area contributed by atoms with Crippen LogP contribution in [0.3, 0.4) is 0 Å². The van der Waals surface area contributed by atoms with E-state index in [9.17, 15) is 0 Å². The predicted molar refractivity (Wildman–Crippen MR) is 95.3 cm³/mol. The third-order valence-electron chi connectivity index (χ3n) is 3.30. The Morgan fingerprint density at radius 2 is 1.41 bits per heavy atom. The molecule has 0 saturated carbocycles. The van der Waals surface area contributed by atoms with Gasteiger partial charge in [0.05, 0.1) is 0 Å². The van der Waals surface area contributed by atoms with Crippen LogP contribution < -0.4 is 0 Å². The molecule has 0 radical (unpaired) electrons. The van der Waals surface area contributed by atoms with Crippen LogP contribution in [0.4, 0.5) is 0 Å². The molecule has 108 valence electrons. The van der Waals surface area contributed by atoms with Crippen molar-refractivity contribution in [1.82, 2.24) is 9.97 Å². The Hall–Kier alpha value is -2.26. The van der Waals surface area contributed by atoms with Gasteiger partial charge in [0.15, 0.2) is 5.82 Å². The first-order valence-electron chi connectivity index (χ1n) is 7.04. The highest BCUT2D eigenvalue weighted by atomic mass is 79.9. The fraction of sp³-hybridized carbons (Fsp3) is 0.0526. The van der Waals surface area contributed by atoms with E-state index in [1.807, 2.05) is 25.1 Å². The Kier molecular flexibility index (Phi) is 4.45. The molecule has 3 rings (SSSR count). The summed E-state index contributed by atoms with van der Waals surface area (Å²) >= 11 is 3.44. The molecule has 0 N–H and O–H groups in total. The van der Waals surface area contributed by atoms with Crippen molar-refractivity contribution in [3.05, 3.63) is 82.1 Å². The lowest BCUT2D eigenvalue weighted by Gasteiger charge is -2.01. The Labute approximate surface area is 138 Å². The molecule has 0 saturated heterocycles. The van der Waals surface area contributed by atoms with E-state index >= 15 is 0 Å². The summed E-state index contributed by atoms with van der Waals surface area (Å²) in [4.78, 5) is 8.75. The zero-order chi connectivity index (χ0) is 15.4. The van der Waals surface area contributed by atoms with Gasteiger partial charge in [-0.05, 0) is 36.2 Å². The Balaban J connectivity index is 1.78. The summed E-state index contributed by atoms with van der Waals surface area (Å²) in [5.74, 6) is 0.767. The van der Waals surface area contributed by atoms with Crippen LogP contribution in [0.1, 0.15) is 16.8 Å². The first-order valence-corrected chi connectivity index (χ1v) is 7.84. The maximum absolute atomic E-state index is 4.44. The van der Waals surface area contributed by atoms with E-state index in [0.29, 0.717) is 0 Å². The SMILES string of the molecule is Cc1ccnc(-c2ccc(/C=C/c3ccc(Br)cc3)cc2)n1. The van der Waals surface area contributed by atoms with E-state index in [4.69, 9.17) is 0 Å². The smallest absolute Gasteiger partial charge is 0.159 e. The average Bonchev–Trinajstić information content (AvgIpc) is 2.55. The molecule has 0 aliphatic carbocycles. The molecule has 0 aliphatic rings. The summed E-state index contributed by atoms with van der Waals surface area (Å²) in [5.41, 5.74) is 4.34. The highest BCUT2D eigenvalue weighted by Gasteiger charge is 2.00. The molecule has 0 fully saturated rings. The maximum atomic E-state index is 4.44. The number of hydrogen-bond acceptors (Lipinski definition) is 2.